The zero-order chi connectivity index (χ0) is 15.8. The van der Waals surface area contributed by atoms with Gasteiger partial charge in [0.05, 0.1) is 0 Å². The lowest BCUT2D eigenvalue weighted by Crippen LogP contribution is -2.57. The van der Waals surface area contributed by atoms with Gasteiger partial charge in [0.1, 0.15) is 13.2 Å². The number of carbonyl (C=O) groups is 1. The van der Waals surface area contributed by atoms with E-state index >= 15 is 0 Å². The Bertz CT molecular complexity index is 611. The molecule has 1 aromatic rings. The van der Waals surface area contributed by atoms with E-state index in [9.17, 15) is 4.79 Å². The minimum Gasteiger partial charge on any atom is -0.486 e. The van der Waals surface area contributed by atoms with Crippen molar-refractivity contribution in [3.05, 3.63) is 17.7 Å². The minimum absolute atomic E-state index is 0.136. The molecule has 1 atom stereocenters. The molecule has 0 aromatic heterocycles. The number of piperidine rings is 3. The van der Waals surface area contributed by atoms with Crippen LogP contribution in [0.25, 0.3) is 0 Å². The molecular weight excluding hydrogens is 294 g/mol. The highest BCUT2D eigenvalue weighted by Gasteiger charge is 2.34. The number of nitrogens with zero attached hydrogens (tertiary/aromatic N) is 1. The van der Waals surface area contributed by atoms with Crippen LogP contribution in [0.15, 0.2) is 12.1 Å². The van der Waals surface area contributed by atoms with Crippen molar-refractivity contribution in [3.8, 4) is 11.5 Å². The number of ether oxygens (including phenoxy) is 2. The fraction of sp³-hybridized carbons (Fsp3) is 0.588. The number of hydrogen-bond donors (Lipinski definition) is 2. The van der Waals surface area contributed by atoms with Gasteiger partial charge in [0, 0.05) is 24.3 Å². The second kappa shape index (κ2) is 5.92. The smallest absolute Gasteiger partial charge is 0.319 e. The number of rotatable bonds is 2. The summed E-state index contributed by atoms with van der Waals surface area (Å²) in [4.78, 5) is 14.8. The molecule has 4 aliphatic heterocycles. The van der Waals surface area contributed by atoms with E-state index in [0.717, 1.165) is 23.5 Å². The molecule has 2 bridgehead atoms. The van der Waals surface area contributed by atoms with Gasteiger partial charge in [-0.25, -0.2) is 4.79 Å². The maximum absolute atomic E-state index is 12.4. The molecule has 6 heteroatoms. The second-order valence-electron chi connectivity index (χ2n) is 6.65. The summed E-state index contributed by atoms with van der Waals surface area (Å²) in [6, 6.07) is 3.89. The molecule has 2 amide bonds. The maximum atomic E-state index is 12.4. The molecule has 0 radical (unpaired) electrons. The Morgan fingerprint density at radius 2 is 1.87 bits per heavy atom. The van der Waals surface area contributed by atoms with Gasteiger partial charge in [-0.15, -0.1) is 0 Å². The van der Waals surface area contributed by atoms with E-state index in [2.05, 4.69) is 15.5 Å². The zero-order valence-corrected chi connectivity index (χ0v) is 13.4. The molecule has 5 rings (SSSR count). The molecule has 6 nitrogen and oxygen atoms in total. The summed E-state index contributed by atoms with van der Waals surface area (Å²) in [6.07, 6.45) is 2.38. The third-order valence-electron chi connectivity index (χ3n) is 5.11. The normalized spacial score (nSPS) is 28.3. The molecule has 2 N–H and O–H groups in total. The van der Waals surface area contributed by atoms with E-state index in [1.807, 2.05) is 19.1 Å². The van der Waals surface area contributed by atoms with Crippen LogP contribution in [0.4, 0.5) is 10.5 Å². The quantitative estimate of drug-likeness (QED) is 0.875. The molecular formula is C17H23N3O3. The van der Waals surface area contributed by atoms with Crippen LogP contribution in [0.1, 0.15) is 18.4 Å². The Morgan fingerprint density at radius 3 is 2.52 bits per heavy atom. The number of nitrogens with one attached hydrogen (secondary N) is 2. The first kappa shape index (κ1) is 14.6. The zero-order valence-electron chi connectivity index (χ0n) is 13.4. The van der Waals surface area contributed by atoms with Crippen molar-refractivity contribution >= 4 is 11.7 Å². The van der Waals surface area contributed by atoms with Crippen molar-refractivity contribution in [1.29, 1.82) is 0 Å². The van der Waals surface area contributed by atoms with Crippen molar-refractivity contribution in [3.63, 3.8) is 0 Å². The molecule has 1 aromatic carbocycles. The van der Waals surface area contributed by atoms with Gasteiger partial charge in [-0.05, 0) is 50.4 Å². The van der Waals surface area contributed by atoms with E-state index in [1.165, 1.54) is 25.9 Å². The van der Waals surface area contributed by atoms with Crippen molar-refractivity contribution in [2.75, 3.05) is 38.2 Å². The number of benzene rings is 1. The summed E-state index contributed by atoms with van der Waals surface area (Å²) in [6.45, 7) is 6.39. The number of aryl methyl sites for hydroxylation is 1. The molecule has 0 aliphatic carbocycles. The summed E-state index contributed by atoms with van der Waals surface area (Å²) < 4.78 is 11.1. The van der Waals surface area contributed by atoms with Gasteiger partial charge >= 0.3 is 6.03 Å². The van der Waals surface area contributed by atoms with Gasteiger partial charge in [-0.1, -0.05) is 0 Å². The molecule has 0 saturated carbocycles. The van der Waals surface area contributed by atoms with Crippen LogP contribution < -0.4 is 20.1 Å². The van der Waals surface area contributed by atoms with Crippen LogP contribution in [0.2, 0.25) is 0 Å². The fourth-order valence-corrected chi connectivity index (χ4v) is 3.78. The van der Waals surface area contributed by atoms with Crippen LogP contribution in [-0.2, 0) is 0 Å². The monoisotopic (exact) mass is 317 g/mol. The second-order valence-corrected chi connectivity index (χ2v) is 6.65. The van der Waals surface area contributed by atoms with Crippen LogP contribution in [0, 0.1) is 12.8 Å². The molecule has 0 unspecified atom stereocenters. The number of carbonyl (C=O) groups excluding carboxylic acids is 1. The number of fused-ring (bicyclic) bond motifs is 4. The molecule has 124 valence electrons. The van der Waals surface area contributed by atoms with Gasteiger partial charge in [0.15, 0.2) is 11.5 Å². The maximum Gasteiger partial charge on any atom is 0.319 e. The average Bonchev–Trinajstić information content (AvgIpc) is 2.56. The molecule has 0 spiro atoms. The van der Waals surface area contributed by atoms with E-state index in [1.54, 1.807) is 0 Å². The van der Waals surface area contributed by atoms with Crippen molar-refractivity contribution in [2.45, 2.75) is 25.8 Å². The summed E-state index contributed by atoms with van der Waals surface area (Å²) in [5.74, 6) is 2.06. The minimum atomic E-state index is -0.136. The van der Waals surface area contributed by atoms with Crippen molar-refractivity contribution < 1.29 is 14.3 Å². The highest BCUT2D eigenvalue weighted by atomic mass is 16.6. The summed E-state index contributed by atoms with van der Waals surface area (Å²) >= 11 is 0. The highest BCUT2D eigenvalue weighted by molar-refractivity contribution is 5.90. The third kappa shape index (κ3) is 2.95. The van der Waals surface area contributed by atoms with Gasteiger partial charge in [0.2, 0.25) is 0 Å². The first-order chi connectivity index (χ1) is 11.2. The lowest BCUT2D eigenvalue weighted by atomic mass is 9.84. The van der Waals surface area contributed by atoms with Crippen molar-refractivity contribution in [2.24, 2.45) is 5.92 Å². The lowest BCUT2D eigenvalue weighted by Gasteiger charge is -2.44. The van der Waals surface area contributed by atoms with Gasteiger partial charge in [-0.3, -0.25) is 0 Å². The van der Waals surface area contributed by atoms with E-state index < -0.39 is 0 Å². The number of amides is 2. The van der Waals surface area contributed by atoms with Crippen molar-refractivity contribution in [1.82, 2.24) is 10.2 Å². The van der Waals surface area contributed by atoms with Gasteiger partial charge in [-0.2, -0.15) is 0 Å². The number of anilines is 1. The van der Waals surface area contributed by atoms with Crippen LogP contribution in [0.3, 0.4) is 0 Å². The molecule has 4 heterocycles. The molecule has 3 saturated heterocycles. The molecule has 4 aliphatic rings. The van der Waals surface area contributed by atoms with E-state index in [4.69, 9.17) is 9.47 Å². The highest BCUT2D eigenvalue weighted by Crippen LogP contribution is 2.35. The first-order valence-corrected chi connectivity index (χ1v) is 8.39. The van der Waals surface area contributed by atoms with E-state index in [-0.39, 0.29) is 12.1 Å². The van der Waals surface area contributed by atoms with Crippen LogP contribution in [-0.4, -0.2) is 49.8 Å². The third-order valence-corrected chi connectivity index (χ3v) is 5.11. The Morgan fingerprint density at radius 1 is 1.17 bits per heavy atom. The summed E-state index contributed by atoms with van der Waals surface area (Å²) in [7, 11) is 0. The Hall–Kier alpha value is -1.95. The fourth-order valence-electron chi connectivity index (χ4n) is 3.78. The largest absolute Gasteiger partial charge is 0.486 e. The standard InChI is InChI=1S/C17H23N3O3/c1-11-8-15-16(23-7-6-22-15)9-13(11)18-17(21)19-14-10-20-4-2-12(14)3-5-20/h8-9,12,14H,2-7,10H2,1H3,(H2,18,19,21)/t14-/m0/s1. The Balaban J connectivity index is 1.42. The number of hydrogen-bond acceptors (Lipinski definition) is 4. The van der Waals surface area contributed by atoms with Crippen LogP contribution in [0.5, 0.6) is 11.5 Å². The number of urea groups is 1. The average molecular weight is 317 g/mol. The predicted octanol–water partition coefficient (Wildman–Crippen LogP) is 1.98. The predicted molar refractivity (Wildman–Crippen MR) is 87.3 cm³/mol. The van der Waals surface area contributed by atoms with Gasteiger partial charge < -0.3 is 25.0 Å². The van der Waals surface area contributed by atoms with Gasteiger partial charge in [0.25, 0.3) is 0 Å². The first-order valence-electron chi connectivity index (χ1n) is 8.39. The topological polar surface area (TPSA) is 62.8 Å². The SMILES string of the molecule is Cc1cc2c(cc1NC(=O)N[C@H]1CN3CCC1CC3)OCCO2. The molecule has 3 fully saturated rings. The molecule has 23 heavy (non-hydrogen) atoms. The van der Waals surface area contributed by atoms with E-state index in [0.29, 0.717) is 24.9 Å². The Kier molecular flexibility index (Phi) is 3.77. The summed E-state index contributed by atoms with van der Waals surface area (Å²) in [5.41, 5.74) is 1.74. The Labute approximate surface area is 136 Å². The lowest BCUT2D eigenvalue weighted by molar-refractivity contribution is 0.0777. The van der Waals surface area contributed by atoms with Crippen LogP contribution >= 0.6 is 0 Å². The summed E-state index contributed by atoms with van der Waals surface area (Å²) in [5, 5.41) is 6.11.